The number of ether oxygens (including phenoxy) is 1. The van der Waals surface area contributed by atoms with Crippen molar-refractivity contribution in [2.45, 2.75) is 34.3 Å². The lowest BCUT2D eigenvalue weighted by Crippen LogP contribution is -2.07. The molecule has 0 saturated heterocycles. The Bertz CT molecular complexity index is 936. The molecule has 0 aliphatic carbocycles. The van der Waals surface area contributed by atoms with Crippen LogP contribution >= 0.6 is 0 Å². The maximum atomic E-state index is 11.9. The van der Waals surface area contributed by atoms with Crippen LogP contribution < -0.4 is 10.4 Å². The van der Waals surface area contributed by atoms with Gasteiger partial charge >= 0.3 is 5.63 Å². The predicted octanol–water partition coefficient (Wildman–Crippen LogP) is 4.61. The Balaban J connectivity index is 2.00. The molecule has 0 saturated carbocycles. The van der Waals surface area contributed by atoms with Gasteiger partial charge in [-0.15, -0.1) is 0 Å². The van der Waals surface area contributed by atoms with Crippen LogP contribution in [0.15, 0.2) is 45.6 Å². The van der Waals surface area contributed by atoms with Crippen LogP contribution in [0.3, 0.4) is 0 Å². The molecule has 0 aliphatic rings. The molecular formula is C20H20O3. The van der Waals surface area contributed by atoms with Crippen LogP contribution in [0.2, 0.25) is 0 Å². The van der Waals surface area contributed by atoms with E-state index in [1.165, 1.54) is 5.56 Å². The summed E-state index contributed by atoms with van der Waals surface area (Å²) in [4.78, 5) is 11.9. The van der Waals surface area contributed by atoms with E-state index >= 15 is 0 Å². The first-order valence-corrected chi connectivity index (χ1v) is 7.70. The standard InChI is InChI=1S/C20H20O3/c1-12-7-5-6-8-16(12)11-22-18-10-9-17-13(2)14(3)20(21)23-19(17)15(18)4/h5-10H,11H2,1-4H3. The second-order valence-corrected chi connectivity index (χ2v) is 5.92. The van der Waals surface area contributed by atoms with Gasteiger partial charge in [0, 0.05) is 16.5 Å². The second kappa shape index (κ2) is 5.92. The molecule has 0 bridgehead atoms. The lowest BCUT2D eigenvalue weighted by molar-refractivity contribution is 0.303. The number of aryl methyl sites for hydroxylation is 3. The molecule has 0 spiro atoms. The highest BCUT2D eigenvalue weighted by atomic mass is 16.5. The van der Waals surface area contributed by atoms with Gasteiger partial charge in [-0.2, -0.15) is 0 Å². The van der Waals surface area contributed by atoms with Gasteiger partial charge in [0.2, 0.25) is 0 Å². The Morgan fingerprint density at radius 1 is 0.913 bits per heavy atom. The van der Waals surface area contributed by atoms with Crippen molar-refractivity contribution in [2.75, 3.05) is 0 Å². The maximum absolute atomic E-state index is 11.9. The number of hydrogen-bond donors (Lipinski definition) is 0. The fourth-order valence-corrected chi connectivity index (χ4v) is 2.71. The molecule has 1 aromatic heterocycles. The third-order valence-corrected chi connectivity index (χ3v) is 4.47. The second-order valence-electron chi connectivity index (χ2n) is 5.92. The molecule has 1 heterocycles. The molecule has 0 fully saturated rings. The highest BCUT2D eigenvalue weighted by Crippen LogP contribution is 2.29. The summed E-state index contributed by atoms with van der Waals surface area (Å²) < 4.78 is 11.4. The first-order chi connectivity index (χ1) is 11.0. The Labute approximate surface area is 135 Å². The monoisotopic (exact) mass is 308 g/mol. The first kappa shape index (κ1) is 15.3. The lowest BCUT2D eigenvalue weighted by Gasteiger charge is -2.13. The van der Waals surface area contributed by atoms with Crippen molar-refractivity contribution in [3.63, 3.8) is 0 Å². The average Bonchev–Trinajstić information content (AvgIpc) is 2.54. The number of rotatable bonds is 3. The first-order valence-electron chi connectivity index (χ1n) is 7.70. The molecule has 3 rings (SSSR count). The SMILES string of the molecule is Cc1ccccc1COc1ccc2c(C)c(C)c(=O)oc2c1C. The van der Waals surface area contributed by atoms with Gasteiger partial charge in [-0.25, -0.2) is 4.79 Å². The number of fused-ring (bicyclic) bond motifs is 1. The predicted molar refractivity (Wildman–Crippen MR) is 92.2 cm³/mol. The highest BCUT2D eigenvalue weighted by molar-refractivity contribution is 5.85. The van der Waals surface area contributed by atoms with Gasteiger partial charge < -0.3 is 9.15 Å². The molecule has 0 amide bonds. The Morgan fingerprint density at radius 2 is 1.65 bits per heavy atom. The van der Waals surface area contributed by atoms with Gasteiger partial charge in [0.25, 0.3) is 0 Å². The van der Waals surface area contributed by atoms with E-state index in [9.17, 15) is 4.79 Å². The fraction of sp³-hybridized carbons (Fsp3) is 0.250. The summed E-state index contributed by atoms with van der Waals surface area (Å²) in [5, 5.41) is 0.961. The fourth-order valence-electron chi connectivity index (χ4n) is 2.71. The van der Waals surface area contributed by atoms with Crippen LogP contribution in [-0.4, -0.2) is 0 Å². The summed E-state index contributed by atoms with van der Waals surface area (Å²) in [6.07, 6.45) is 0. The topological polar surface area (TPSA) is 39.4 Å². The van der Waals surface area contributed by atoms with E-state index in [4.69, 9.17) is 9.15 Å². The average molecular weight is 308 g/mol. The lowest BCUT2D eigenvalue weighted by atomic mass is 10.0. The Morgan fingerprint density at radius 3 is 2.39 bits per heavy atom. The molecule has 3 heteroatoms. The molecule has 0 atom stereocenters. The van der Waals surface area contributed by atoms with Gasteiger partial charge in [0.1, 0.15) is 17.9 Å². The summed E-state index contributed by atoms with van der Waals surface area (Å²) >= 11 is 0. The van der Waals surface area contributed by atoms with Gasteiger partial charge in [0.05, 0.1) is 0 Å². The summed E-state index contributed by atoms with van der Waals surface area (Å²) in [7, 11) is 0. The van der Waals surface area contributed by atoms with E-state index in [1.54, 1.807) is 6.92 Å². The van der Waals surface area contributed by atoms with Crippen molar-refractivity contribution in [2.24, 2.45) is 0 Å². The van der Waals surface area contributed by atoms with Crippen molar-refractivity contribution in [3.8, 4) is 5.75 Å². The normalized spacial score (nSPS) is 11.0. The molecular weight excluding hydrogens is 288 g/mol. The van der Waals surface area contributed by atoms with Crippen LogP contribution in [0.25, 0.3) is 11.0 Å². The smallest absolute Gasteiger partial charge is 0.339 e. The molecule has 0 radical (unpaired) electrons. The summed E-state index contributed by atoms with van der Waals surface area (Å²) in [5.74, 6) is 0.743. The molecule has 0 aliphatic heterocycles. The van der Waals surface area contributed by atoms with Gasteiger partial charge in [-0.3, -0.25) is 0 Å². The molecule has 2 aromatic carbocycles. The van der Waals surface area contributed by atoms with Crippen LogP contribution in [0, 0.1) is 27.7 Å². The Kier molecular flexibility index (Phi) is 3.95. The maximum Gasteiger partial charge on any atom is 0.339 e. The molecule has 3 aromatic rings. The third kappa shape index (κ3) is 2.74. The quantitative estimate of drug-likeness (QED) is 0.663. The number of hydrogen-bond acceptors (Lipinski definition) is 3. The zero-order chi connectivity index (χ0) is 16.6. The van der Waals surface area contributed by atoms with Crippen LogP contribution in [-0.2, 0) is 6.61 Å². The summed E-state index contributed by atoms with van der Waals surface area (Å²) in [6, 6.07) is 12.0. The minimum Gasteiger partial charge on any atom is -0.488 e. The molecule has 0 unspecified atom stereocenters. The van der Waals surface area contributed by atoms with E-state index in [0.717, 1.165) is 27.8 Å². The van der Waals surface area contributed by atoms with Crippen molar-refractivity contribution in [1.82, 2.24) is 0 Å². The van der Waals surface area contributed by atoms with E-state index in [0.29, 0.717) is 17.8 Å². The van der Waals surface area contributed by atoms with E-state index in [1.807, 2.05) is 38.1 Å². The third-order valence-electron chi connectivity index (χ3n) is 4.47. The number of benzene rings is 2. The van der Waals surface area contributed by atoms with Gasteiger partial charge in [0.15, 0.2) is 0 Å². The van der Waals surface area contributed by atoms with E-state index in [-0.39, 0.29) is 5.63 Å². The van der Waals surface area contributed by atoms with Crippen molar-refractivity contribution in [1.29, 1.82) is 0 Å². The van der Waals surface area contributed by atoms with Crippen molar-refractivity contribution in [3.05, 3.63) is 74.6 Å². The molecule has 23 heavy (non-hydrogen) atoms. The zero-order valence-corrected chi connectivity index (χ0v) is 13.9. The minimum absolute atomic E-state index is 0.283. The van der Waals surface area contributed by atoms with Crippen LogP contribution in [0.4, 0.5) is 0 Å². The van der Waals surface area contributed by atoms with Crippen LogP contribution in [0.1, 0.15) is 27.8 Å². The van der Waals surface area contributed by atoms with Gasteiger partial charge in [-0.1, -0.05) is 24.3 Å². The van der Waals surface area contributed by atoms with Crippen LogP contribution in [0.5, 0.6) is 5.75 Å². The van der Waals surface area contributed by atoms with Crippen molar-refractivity contribution < 1.29 is 9.15 Å². The van der Waals surface area contributed by atoms with E-state index < -0.39 is 0 Å². The summed E-state index contributed by atoms with van der Waals surface area (Å²) in [6.45, 7) is 8.22. The molecule has 3 nitrogen and oxygen atoms in total. The van der Waals surface area contributed by atoms with Crippen molar-refractivity contribution >= 4 is 11.0 Å². The minimum atomic E-state index is -0.283. The zero-order valence-electron chi connectivity index (χ0n) is 13.9. The highest BCUT2D eigenvalue weighted by Gasteiger charge is 2.13. The summed E-state index contributed by atoms with van der Waals surface area (Å²) in [5.41, 5.74) is 5.15. The Hall–Kier alpha value is -2.55. The van der Waals surface area contributed by atoms with E-state index in [2.05, 4.69) is 19.1 Å². The van der Waals surface area contributed by atoms with Gasteiger partial charge in [-0.05, 0) is 56.5 Å². The largest absolute Gasteiger partial charge is 0.488 e. The molecule has 118 valence electrons. The molecule has 0 N–H and O–H groups in total.